The van der Waals surface area contributed by atoms with E-state index in [1.165, 1.54) is 47.2 Å². The van der Waals surface area contributed by atoms with Gasteiger partial charge in [0.1, 0.15) is 34.4 Å². The average molecular weight is 1260 g/mol. The van der Waals surface area contributed by atoms with Gasteiger partial charge in [-0.15, -0.1) is 12.4 Å². The summed E-state index contributed by atoms with van der Waals surface area (Å²) in [5, 5.41) is 5.89. The van der Waals surface area contributed by atoms with E-state index in [4.69, 9.17) is 4.74 Å². The normalized spacial score (nSPS) is 17.8. The molecule has 0 spiro atoms. The monoisotopic (exact) mass is 1260 g/mol. The number of alkyl carbamates (subject to hydrolysis) is 1. The molecule has 74 heavy (non-hydrogen) atoms. The fraction of sp³-hybridized carbons (Fsp3) is 0.314. The predicted octanol–water partition coefficient (Wildman–Crippen LogP) is 8.71. The summed E-state index contributed by atoms with van der Waals surface area (Å²) in [5.74, 6) is -2.13. The maximum atomic E-state index is 14.1. The first kappa shape index (κ1) is 53.9. The van der Waals surface area contributed by atoms with Gasteiger partial charge in [-0.05, 0) is 178 Å². The van der Waals surface area contributed by atoms with E-state index in [1.807, 2.05) is 24.3 Å². The number of benzene rings is 2. The lowest BCUT2D eigenvalue weighted by Crippen LogP contribution is -2.45. The van der Waals surface area contributed by atoms with Crippen LogP contribution in [0.3, 0.4) is 0 Å². The molecular weight excluding hydrogens is 1210 g/mol. The van der Waals surface area contributed by atoms with Crippen molar-refractivity contribution in [2.24, 2.45) is 0 Å². The molecule has 2 N–H and O–H groups in total. The molecular formula is C51H48ClF3I2N10O7. The van der Waals surface area contributed by atoms with Gasteiger partial charge in [0.2, 0.25) is 0 Å². The van der Waals surface area contributed by atoms with Crippen molar-refractivity contribution in [3.8, 4) is 11.4 Å². The molecule has 2 amide bonds. The minimum Gasteiger partial charge on any atom is -0.444 e. The summed E-state index contributed by atoms with van der Waals surface area (Å²) in [4.78, 5) is 91.4. The molecule has 23 heteroatoms. The number of aromatic nitrogens is 8. The van der Waals surface area contributed by atoms with Gasteiger partial charge in [-0.3, -0.25) is 23.5 Å². The number of halogens is 6. The van der Waals surface area contributed by atoms with Crippen molar-refractivity contribution in [1.29, 1.82) is 0 Å². The Hall–Kier alpha value is -6.41. The molecule has 0 saturated heterocycles. The third kappa shape index (κ3) is 11.6. The van der Waals surface area contributed by atoms with E-state index < -0.39 is 57.7 Å². The standard InChI is InChI=1S/C27H21F2IN6O3.C24H26FIN4O4.ClH/c28-15-4-9-23-33-22(14-34(23)13-15)25(37)32-18-5-7-19(8-6-18)36-26(38)21-10-16(29)12-31-24(21)35(27(36)39)20-3-1-2-17(30)11-20;1-24(2,3)34-22(32)28-16-7-9-17(10-8-16)30-21(31)19-11-14(25)13-27-20(19)29(23(30)33)18-6-4-5-15(26)12-18;/h1-4,9-14,18-19H,5-8H2,(H,32,37);4-6,11-13,16-17H,7-10H2,1-3H3,(H,28,32);1H/t18-,19+;16-,17+;. The van der Waals surface area contributed by atoms with Crippen LogP contribution in [0.2, 0.25) is 0 Å². The van der Waals surface area contributed by atoms with Crippen LogP contribution in [-0.4, -0.2) is 67.3 Å². The van der Waals surface area contributed by atoms with Crippen molar-refractivity contribution in [2.45, 2.75) is 102 Å². The van der Waals surface area contributed by atoms with Crippen molar-refractivity contribution in [3.05, 3.63) is 170 Å². The third-order valence-electron chi connectivity index (χ3n) is 12.7. The number of imidazole rings is 1. The van der Waals surface area contributed by atoms with E-state index in [-0.39, 0.29) is 64.2 Å². The zero-order valence-corrected chi connectivity index (χ0v) is 45.1. The number of carbonyl (C=O) groups excluding carboxylic acids is 2. The van der Waals surface area contributed by atoms with E-state index in [1.54, 1.807) is 45.0 Å². The van der Waals surface area contributed by atoms with Gasteiger partial charge in [0.15, 0.2) is 11.3 Å². The van der Waals surface area contributed by atoms with E-state index in [0.717, 1.165) is 31.7 Å². The summed E-state index contributed by atoms with van der Waals surface area (Å²) in [5.41, 5.74) is -0.880. The van der Waals surface area contributed by atoms with Gasteiger partial charge in [0.25, 0.3) is 17.0 Å². The van der Waals surface area contributed by atoms with Gasteiger partial charge in [-0.2, -0.15) is 0 Å². The molecule has 0 bridgehead atoms. The van der Waals surface area contributed by atoms with Crippen LogP contribution in [-0.2, 0) is 4.74 Å². The van der Waals surface area contributed by atoms with E-state index in [0.29, 0.717) is 68.4 Å². The second-order valence-electron chi connectivity index (χ2n) is 19.0. The lowest BCUT2D eigenvalue weighted by molar-refractivity contribution is 0.0487. The van der Waals surface area contributed by atoms with Crippen molar-refractivity contribution in [1.82, 2.24) is 48.3 Å². The first-order valence-electron chi connectivity index (χ1n) is 23.4. The summed E-state index contributed by atoms with van der Waals surface area (Å²) in [7, 11) is 0. The number of hydrogen-bond acceptors (Lipinski definition) is 10. The Bertz CT molecular complexity index is 3710. The number of ether oxygens (including phenoxy) is 1. The Balaban J connectivity index is 0.000000196. The van der Waals surface area contributed by atoms with Crippen LogP contribution in [0.5, 0.6) is 0 Å². The number of fused-ring (bicyclic) bond motifs is 3. The molecule has 2 aromatic carbocycles. The predicted molar refractivity (Wildman–Crippen MR) is 290 cm³/mol. The fourth-order valence-corrected chi connectivity index (χ4v) is 10.5. The number of amides is 2. The Kier molecular flexibility index (Phi) is 16.2. The SMILES string of the molecule is CC(C)(C)OC(=O)N[C@H]1CC[C@@H](n2c(=O)c3cc(F)cnc3n(-c3cccc(I)c3)c2=O)CC1.Cl.O=C(N[C@H]1CC[C@@H](n2c(=O)c3cc(F)cnc3n(-c3cccc(I)c3)c2=O)CC1)c1cn2cc(F)ccc2n1. The molecule has 2 aliphatic rings. The Morgan fingerprint density at radius 2 is 1.11 bits per heavy atom. The maximum absolute atomic E-state index is 14.1. The lowest BCUT2D eigenvalue weighted by atomic mass is 9.90. The Labute approximate surface area is 452 Å². The first-order chi connectivity index (χ1) is 34.8. The molecule has 2 fully saturated rings. The second kappa shape index (κ2) is 22.2. The minimum absolute atomic E-state index is 0. The van der Waals surface area contributed by atoms with Crippen molar-refractivity contribution < 1.29 is 27.5 Å². The molecule has 0 atom stereocenters. The van der Waals surface area contributed by atoms with Crippen LogP contribution in [0.25, 0.3) is 39.1 Å². The molecule has 0 aliphatic heterocycles. The number of carbonyl (C=O) groups is 2. The van der Waals surface area contributed by atoms with Gasteiger partial charge in [-0.25, -0.2) is 51.6 Å². The summed E-state index contributed by atoms with van der Waals surface area (Å²) in [6.45, 7) is 5.39. The van der Waals surface area contributed by atoms with Crippen molar-refractivity contribution in [3.63, 3.8) is 0 Å². The highest BCUT2D eigenvalue weighted by Gasteiger charge is 2.31. The topological polar surface area (TPSA) is 199 Å². The summed E-state index contributed by atoms with van der Waals surface area (Å²) in [6, 6.07) is 18.3. The molecule has 2 saturated carbocycles. The molecule has 6 heterocycles. The van der Waals surface area contributed by atoms with Crippen LogP contribution in [0.4, 0.5) is 18.0 Å². The molecule has 17 nitrogen and oxygen atoms in total. The van der Waals surface area contributed by atoms with Crippen LogP contribution in [0.15, 0.2) is 117 Å². The Morgan fingerprint density at radius 3 is 1.57 bits per heavy atom. The molecule has 0 radical (unpaired) electrons. The largest absolute Gasteiger partial charge is 0.444 e. The second-order valence-corrected chi connectivity index (χ2v) is 21.5. The quantitative estimate of drug-likeness (QED) is 0.146. The zero-order chi connectivity index (χ0) is 51.9. The molecule has 2 aliphatic carbocycles. The van der Waals surface area contributed by atoms with Crippen LogP contribution >= 0.6 is 57.6 Å². The highest BCUT2D eigenvalue weighted by molar-refractivity contribution is 14.1. The first-order valence-corrected chi connectivity index (χ1v) is 25.6. The lowest BCUT2D eigenvalue weighted by Gasteiger charge is -2.31. The third-order valence-corrected chi connectivity index (χ3v) is 14.1. The molecule has 6 aromatic heterocycles. The number of nitrogens with zero attached hydrogens (tertiary/aromatic N) is 8. The van der Waals surface area contributed by atoms with Crippen LogP contribution < -0.4 is 33.1 Å². The number of nitrogens with one attached hydrogen (secondary N) is 2. The summed E-state index contributed by atoms with van der Waals surface area (Å²) < 4.78 is 55.3. The molecule has 10 rings (SSSR count). The van der Waals surface area contributed by atoms with Crippen LogP contribution in [0.1, 0.15) is 94.7 Å². The molecule has 8 aromatic rings. The van der Waals surface area contributed by atoms with Gasteiger partial charge >= 0.3 is 17.5 Å². The Morgan fingerprint density at radius 1 is 0.635 bits per heavy atom. The van der Waals surface area contributed by atoms with Gasteiger partial charge < -0.3 is 19.8 Å². The van der Waals surface area contributed by atoms with E-state index in [9.17, 15) is 41.9 Å². The average Bonchev–Trinajstić information content (AvgIpc) is 3.77. The number of pyridine rings is 3. The van der Waals surface area contributed by atoms with Crippen molar-refractivity contribution >= 4 is 97.3 Å². The van der Waals surface area contributed by atoms with E-state index in [2.05, 4.69) is 70.8 Å². The van der Waals surface area contributed by atoms with Gasteiger partial charge in [0.05, 0.1) is 34.5 Å². The van der Waals surface area contributed by atoms with Crippen molar-refractivity contribution in [2.75, 3.05) is 0 Å². The fourth-order valence-electron chi connectivity index (χ4n) is 9.47. The molecule has 0 unspecified atom stereocenters. The zero-order valence-electron chi connectivity index (χ0n) is 39.9. The summed E-state index contributed by atoms with van der Waals surface area (Å²) in [6.07, 6.45) is 8.36. The highest BCUT2D eigenvalue weighted by atomic mass is 127. The smallest absolute Gasteiger partial charge is 0.407 e. The maximum Gasteiger partial charge on any atom is 0.407 e. The van der Waals surface area contributed by atoms with Crippen LogP contribution in [0, 0.1) is 24.6 Å². The number of hydrogen-bond donors (Lipinski definition) is 2. The minimum atomic E-state index is -0.667. The summed E-state index contributed by atoms with van der Waals surface area (Å²) >= 11 is 4.27. The van der Waals surface area contributed by atoms with Gasteiger partial charge in [-0.1, -0.05) is 12.1 Å². The molecule has 386 valence electrons. The van der Waals surface area contributed by atoms with E-state index >= 15 is 0 Å². The number of rotatable bonds is 7. The van der Waals surface area contributed by atoms with Gasteiger partial charge in [0, 0.05) is 43.7 Å². The highest BCUT2D eigenvalue weighted by Crippen LogP contribution is 2.30.